The molecule has 114 valence electrons. The van der Waals surface area contributed by atoms with E-state index in [0.717, 1.165) is 13.1 Å². The molecule has 0 saturated carbocycles. The lowest BCUT2D eigenvalue weighted by Gasteiger charge is -2.43. The summed E-state index contributed by atoms with van der Waals surface area (Å²) >= 11 is 5.87. The lowest BCUT2D eigenvalue weighted by Crippen LogP contribution is -2.57. The maximum atomic E-state index is 14.1. The first-order valence-electron chi connectivity index (χ1n) is 7.23. The van der Waals surface area contributed by atoms with Crippen LogP contribution < -0.4 is 5.32 Å². The summed E-state index contributed by atoms with van der Waals surface area (Å²) in [6.45, 7) is 10.6. The van der Waals surface area contributed by atoms with Gasteiger partial charge in [0.05, 0.1) is 5.02 Å². The molecule has 1 N–H and O–H groups in total. The molecular formula is C16H26ClFN2. The minimum Gasteiger partial charge on any atom is -0.315 e. The summed E-state index contributed by atoms with van der Waals surface area (Å²) in [4.78, 5) is 2.39. The molecule has 4 heteroatoms. The molecule has 0 aliphatic rings. The molecule has 20 heavy (non-hydrogen) atoms. The van der Waals surface area contributed by atoms with E-state index in [9.17, 15) is 4.39 Å². The van der Waals surface area contributed by atoms with Gasteiger partial charge in [0.15, 0.2) is 0 Å². The van der Waals surface area contributed by atoms with E-state index in [1.54, 1.807) is 12.1 Å². The van der Waals surface area contributed by atoms with Crippen molar-refractivity contribution in [1.29, 1.82) is 0 Å². The Morgan fingerprint density at radius 2 is 1.90 bits per heavy atom. The average Bonchev–Trinajstić information content (AvgIpc) is 2.41. The van der Waals surface area contributed by atoms with E-state index in [-0.39, 0.29) is 22.4 Å². The van der Waals surface area contributed by atoms with Gasteiger partial charge in [0, 0.05) is 11.6 Å². The van der Waals surface area contributed by atoms with Gasteiger partial charge in [0.1, 0.15) is 5.82 Å². The zero-order valence-electron chi connectivity index (χ0n) is 13.1. The molecule has 1 rings (SSSR count). The van der Waals surface area contributed by atoms with Gasteiger partial charge in [0.2, 0.25) is 0 Å². The van der Waals surface area contributed by atoms with Gasteiger partial charge in [0.25, 0.3) is 0 Å². The fourth-order valence-electron chi connectivity index (χ4n) is 2.89. The SMILES string of the molecule is CCN(CC)C(C)(C)C(Cc1cccc(Cl)c1F)NC. The van der Waals surface area contributed by atoms with E-state index < -0.39 is 0 Å². The lowest BCUT2D eigenvalue weighted by molar-refractivity contribution is 0.0940. The third-order valence-electron chi connectivity index (χ3n) is 4.24. The van der Waals surface area contributed by atoms with Gasteiger partial charge in [-0.3, -0.25) is 4.90 Å². The van der Waals surface area contributed by atoms with Gasteiger partial charge in [-0.05, 0) is 52.0 Å². The van der Waals surface area contributed by atoms with Crippen molar-refractivity contribution < 1.29 is 4.39 Å². The number of nitrogens with zero attached hydrogens (tertiary/aromatic N) is 1. The standard InChI is InChI=1S/C16H26ClFN2/c1-6-20(7-2)16(3,4)14(19-5)11-12-9-8-10-13(17)15(12)18/h8-10,14,19H,6-7,11H2,1-5H3. The van der Waals surface area contributed by atoms with Crippen molar-refractivity contribution >= 4 is 11.6 Å². The number of benzene rings is 1. The summed E-state index contributed by atoms with van der Waals surface area (Å²) in [7, 11) is 1.93. The first kappa shape index (κ1) is 17.4. The molecule has 0 fully saturated rings. The van der Waals surface area contributed by atoms with Gasteiger partial charge in [-0.25, -0.2) is 4.39 Å². The predicted molar refractivity (Wildman–Crippen MR) is 85.0 cm³/mol. The Kier molecular flexibility index (Phi) is 6.44. The van der Waals surface area contributed by atoms with Crippen LogP contribution in [0.5, 0.6) is 0 Å². The van der Waals surface area contributed by atoms with Crippen molar-refractivity contribution in [2.24, 2.45) is 0 Å². The Morgan fingerprint density at radius 3 is 2.40 bits per heavy atom. The summed E-state index contributed by atoms with van der Waals surface area (Å²) in [6.07, 6.45) is 0.617. The summed E-state index contributed by atoms with van der Waals surface area (Å²) in [6, 6.07) is 5.35. The highest BCUT2D eigenvalue weighted by molar-refractivity contribution is 6.30. The first-order chi connectivity index (χ1) is 9.38. The second-order valence-electron chi connectivity index (χ2n) is 5.58. The van der Waals surface area contributed by atoms with Crippen molar-refractivity contribution in [3.63, 3.8) is 0 Å². The number of hydrogen-bond acceptors (Lipinski definition) is 2. The van der Waals surface area contributed by atoms with E-state index in [1.807, 2.05) is 13.1 Å². The molecule has 0 bridgehead atoms. The molecule has 0 aromatic heterocycles. The average molecular weight is 301 g/mol. The summed E-state index contributed by atoms with van der Waals surface area (Å²) in [5.74, 6) is -0.301. The molecule has 0 aliphatic heterocycles. The topological polar surface area (TPSA) is 15.3 Å². The number of hydrogen-bond donors (Lipinski definition) is 1. The smallest absolute Gasteiger partial charge is 0.145 e. The zero-order chi connectivity index (χ0) is 15.3. The molecule has 1 atom stereocenters. The summed E-state index contributed by atoms with van der Waals surface area (Å²) in [5.41, 5.74) is 0.601. The summed E-state index contributed by atoms with van der Waals surface area (Å²) in [5, 5.41) is 3.53. The van der Waals surface area contributed by atoms with E-state index in [0.29, 0.717) is 12.0 Å². The molecule has 0 aliphatic carbocycles. The molecule has 0 amide bonds. The van der Waals surface area contributed by atoms with E-state index in [1.165, 1.54) is 0 Å². The largest absolute Gasteiger partial charge is 0.315 e. The maximum absolute atomic E-state index is 14.1. The maximum Gasteiger partial charge on any atom is 0.145 e. The molecule has 0 radical (unpaired) electrons. The number of halogens is 2. The van der Waals surface area contributed by atoms with Gasteiger partial charge in [-0.15, -0.1) is 0 Å². The van der Waals surface area contributed by atoms with Crippen LogP contribution in [0.15, 0.2) is 18.2 Å². The molecule has 0 spiro atoms. The van der Waals surface area contributed by atoms with Crippen molar-refractivity contribution in [3.05, 3.63) is 34.6 Å². The Morgan fingerprint density at radius 1 is 1.30 bits per heavy atom. The van der Waals surface area contributed by atoms with Gasteiger partial charge in [-0.1, -0.05) is 37.6 Å². The van der Waals surface area contributed by atoms with Crippen molar-refractivity contribution in [2.75, 3.05) is 20.1 Å². The predicted octanol–water partition coefficient (Wildman–Crippen LogP) is 3.73. The van der Waals surface area contributed by atoms with Crippen LogP contribution in [0.2, 0.25) is 5.02 Å². The number of rotatable bonds is 7. The third-order valence-corrected chi connectivity index (χ3v) is 4.53. The van der Waals surface area contributed by atoms with Gasteiger partial charge >= 0.3 is 0 Å². The van der Waals surface area contributed by atoms with Crippen LogP contribution in [0.4, 0.5) is 4.39 Å². The molecule has 0 heterocycles. The normalized spacial score (nSPS) is 13.8. The molecule has 0 saturated heterocycles. The minimum atomic E-state index is -0.301. The van der Waals surface area contributed by atoms with Crippen LogP contribution >= 0.6 is 11.6 Å². The van der Waals surface area contributed by atoms with Gasteiger partial charge < -0.3 is 5.32 Å². The Labute approximate surface area is 127 Å². The van der Waals surface area contributed by atoms with Crippen molar-refractivity contribution in [3.8, 4) is 0 Å². The Bertz CT molecular complexity index is 430. The van der Waals surface area contributed by atoms with Crippen LogP contribution in [0.1, 0.15) is 33.3 Å². The third kappa shape index (κ3) is 3.72. The Balaban J connectivity index is 2.99. The van der Waals surface area contributed by atoms with Crippen LogP contribution in [-0.2, 0) is 6.42 Å². The molecule has 1 unspecified atom stereocenters. The van der Waals surface area contributed by atoms with Crippen LogP contribution in [0.3, 0.4) is 0 Å². The molecule has 1 aromatic rings. The zero-order valence-corrected chi connectivity index (χ0v) is 13.9. The highest BCUT2D eigenvalue weighted by atomic mass is 35.5. The second-order valence-corrected chi connectivity index (χ2v) is 5.99. The molecular weight excluding hydrogens is 275 g/mol. The lowest BCUT2D eigenvalue weighted by atomic mass is 9.87. The quantitative estimate of drug-likeness (QED) is 0.825. The fourth-order valence-corrected chi connectivity index (χ4v) is 3.08. The monoisotopic (exact) mass is 300 g/mol. The molecule has 2 nitrogen and oxygen atoms in total. The van der Waals surface area contributed by atoms with Crippen LogP contribution in [0, 0.1) is 5.82 Å². The van der Waals surface area contributed by atoms with Crippen molar-refractivity contribution in [1.82, 2.24) is 10.2 Å². The van der Waals surface area contributed by atoms with Gasteiger partial charge in [-0.2, -0.15) is 0 Å². The molecule has 1 aromatic carbocycles. The summed E-state index contributed by atoms with van der Waals surface area (Å²) < 4.78 is 14.1. The van der Waals surface area contributed by atoms with Crippen LogP contribution in [0.25, 0.3) is 0 Å². The fraction of sp³-hybridized carbons (Fsp3) is 0.625. The van der Waals surface area contributed by atoms with E-state index >= 15 is 0 Å². The second kappa shape index (κ2) is 7.39. The first-order valence-corrected chi connectivity index (χ1v) is 7.61. The van der Waals surface area contributed by atoms with Crippen molar-refractivity contribution in [2.45, 2.75) is 45.7 Å². The van der Waals surface area contributed by atoms with E-state index in [4.69, 9.17) is 11.6 Å². The van der Waals surface area contributed by atoms with E-state index in [2.05, 4.69) is 37.9 Å². The number of nitrogens with one attached hydrogen (secondary N) is 1. The highest BCUT2D eigenvalue weighted by Gasteiger charge is 2.33. The number of likely N-dealkylation sites (N-methyl/N-ethyl adjacent to an activating group) is 2. The Hall–Kier alpha value is -0.640. The minimum absolute atomic E-state index is 0.0625. The highest BCUT2D eigenvalue weighted by Crippen LogP contribution is 2.25. The van der Waals surface area contributed by atoms with Crippen LogP contribution in [-0.4, -0.2) is 36.6 Å².